The van der Waals surface area contributed by atoms with E-state index in [0.29, 0.717) is 0 Å². The molecule has 0 radical (unpaired) electrons. The Morgan fingerprint density at radius 1 is 0.289 bits per heavy atom. The van der Waals surface area contributed by atoms with Gasteiger partial charge in [0.2, 0.25) is 0 Å². The van der Waals surface area contributed by atoms with Crippen LogP contribution in [0.25, 0.3) is 87.3 Å². The summed E-state index contributed by atoms with van der Waals surface area (Å²) in [5.74, 6) is 0. The maximum absolute atomic E-state index is 2.45. The molecule has 0 bridgehead atoms. The Labute approximate surface area is 217 Å². The number of nitrogens with zero attached hydrogens (tertiary/aromatic N) is 2. The second kappa shape index (κ2) is 6.42. The smallest absolute Gasteiger partial charge is 0.0620 e. The summed E-state index contributed by atoms with van der Waals surface area (Å²) >= 11 is 0. The molecule has 0 unspecified atom stereocenters. The van der Waals surface area contributed by atoms with Gasteiger partial charge in [-0.2, -0.15) is 0 Å². The molecule has 38 heavy (non-hydrogen) atoms. The zero-order chi connectivity index (χ0) is 24.5. The Morgan fingerprint density at radius 2 is 0.553 bits per heavy atom. The summed E-state index contributed by atoms with van der Waals surface area (Å²) in [6.45, 7) is 0. The molecule has 2 nitrogen and oxygen atoms in total. The monoisotopic (exact) mass is 480 g/mol. The van der Waals surface area contributed by atoms with Crippen molar-refractivity contribution >= 4 is 76.2 Å². The summed E-state index contributed by atoms with van der Waals surface area (Å²) in [5, 5.41) is 10.5. The van der Waals surface area contributed by atoms with E-state index in [1.807, 2.05) is 0 Å². The Morgan fingerprint density at radius 3 is 0.842 bits per heavy atom. The Balaban J connectivity index is 1.41. The van der Waals surface area contributed by atoms with Crippen molar-refractivity contribution in [3.05, 3.63) is 121 Å². The fraction of sp³-hybridized carbons (Fsp3) is 0. The van der Waals surface area contributed by atoms with Crippen LogP contribution in [0.3, 0.4) is 0 Å². The molecule has 2 heteroatoms. The summed E-state index contributed by atoms with van der Waals surface area (Å²) in [6, 6.07) is 44.9. The minimum absolute atomic E-state index is 1.27. The van der Waals surface area contributed by atoms with E-state index < -0.39 is 0 Å². The number of rotatable bonds is 1. The lowest BCUT2D eigenvalue weighted by molar-refractivity contribution is 1.37. The van der Waals surface area contributed by atoms with Crippen LogP contribution in [-0.4, -0.2) is 8.80 Å². The van der Waals surface area contributed by atoms with Gasteiger partial charge >= 0.3 is 0 Å². The van der Waals surface area contributed by atoms with Gasteiger partial charge in [0.1, 0.15) is 0 Å². The van der Waals surface area contributed by atoms with E-state index in [0.717, 1.165) is 0 Å². The SMILES string of the molecule is c1ccc2c(c1)c1cc(-c3cc4c5ccccc5n5c6ccccc6c(c3)c45)cc3c4ccccc4n2c13. The van der Waals surface area contributed by atoms with Crippen LogP contribution in [0.1, 0.15) is 0 Å². The first kappa shape index (κ1) is 19.1. The van der Waals surface area contributed by atoms with E-state index in [2.05, 4.69) is 130 Å². The molecule has 0 aliphatic carbocycles. The van der Waals surface area contributed by atoms with Gasteiger partial charge in [0, 0.05) is 43.1 Å². The van der Waals surface area contributed by atoms with Gasteiger partial charge in [-0.1, -0.05) is 72.8 Å². The quantitative estimate of drug-likeness (QED) is 0.221. The predicted molar refractivity (Wildman–Crippen MR) is 161 cm³/mol. The van der Waals surface area contributed by atoms with Crippen molar-refractivity contribution < 1.29 is 0 Å². The first-order chi connectivity index (χ1) is 18.9. The first-order valence-electron chi connectivity index (χ1n) is 13.2. The van der Waals surface area contributed by atoms with Crippen molar-refractivity contribution in [3.63, 3.8) is 0 Å². The molecule has 0 amide bonds. The minimum Gasteiger partial charge on any atom is -0.308 e. The number of hydrogen-bond donors (Lipinski definition) is 0. The van der Waals surface area contributed by atoms with Gasteiger partial charge in [0.15, 0.2) is 0 Å². The van der Waals surface area contributed by atoms with Gasteiger partial charge in [-0.15, -0.1) is 0 Å². The molecule has 4 heterocycles. The van der Waals surface area contributed by atoms with Gasteiger partial charge in [0.25, 0.3) is 0 Å². The number of aromatic nitrogens is 2. The van der Waals surface area contributed by atoms with E-state index in [-0.39, 0.29) is 0 Å². The second-order valence-corrected chi connectivity index (χ2v) is 10.6. The van der Waals surface area contributed by atoms with E-state index in [1.165, 1.54) is 87.3 Å². The third-order valence-corrected chi connectivity index (χ3v) is 8.74. The molecule has 0 aliphatic rings. The van der Waals surface area contributed by atoms with Crippen molar-refractivity contribution in [2.24, 2.45) is 0 Å². The maximum atomic E-state index is 2.45. The molecule has 0 saturated heterocycles. The molecular formula is C36H20N2. The number of benzene rings is 6. The second-order valence-electron chi connectivity index (χ2n) is 10.6. The first-order valence-corrected chi connectivity index (χ1v) is 13.2. The summed E-state index contributed by atoms with van der Waals surface area (Å²) in [7, 11) is 0. The van der Waals surface area contributed by atoms with Crippen LogP contribution >= 0.6 is 0 Å². The molecule has 0 fully saturated rings. The highest BCUT2D eigenvalue weighted by Crippen LogP contribution is 2.45. The standard InChI is InChI=1S/C36H20N2/c1-5-13-31-23(9-1)27-17-21(18-28-24-10-2-6-14-32(24)37(31)35(27)28)22-19-29-25-11-3-7-15-33(25)38-34-16-8-4-12-26(34)30(20-22)36(29)38/h1-20H. The molecule has 0 saturated carbocycles. The third-order valence-electron chi connectivity index (χ3n) is 8.74. The van der Waals surface area contributed by atoms with Crippen LogP contribution in [-0.2, 0) is 0 Å². The van der Waals surface area contributed by atoms with Crippen molar-refractivity contribution in [2.75, 3.05) is 0 Å². The third kappa shape index (κ3) is 2.10. The largest absolute Gasteiger partial charge is 0.308 e. The summed E-state index contributed by atoms with van der Waals surface area (Å²) < 4.78 is 4.90. The highest BCUT2D eigenvalue weighted by Gasteiger charge is 2.21. The lowest BCUT2D eigenvalue weighted by atomic mass is 9.96. The van der Waals surface area contributed by atoms with Crippen LogP contribution < -0.4 is 0 Å². The molecule has 6 aromatic carbocycles. The molecule has 174 valence electrons. The molecule has 0 spiro atoms. The Kier molecular flexibility index (Phi) is 3.23. The van der Waals surface area contributed by atoms with Crippen molar-refractivity contribution in [2.45, 2.75) is 0 Å². The topological polar surface area (TPSA) is 8.82 Å². The molecule has 4 aromatic heterocycles. The maximum Gasteiger partial charge on any atom is 0.0620 e. The van der Waals surface area contributed by atoms with E-state index >= 15 is 0 Å². The minimum atomic E-state index is 1.27. The number of para-hydroxylation sites is 4. The van der Waals surface area contributed by atoms with Gasteiger partial charge < -0.3 is 8.80 Å². The Hall–Kier alpha value is -5.08. The lowest BCUT2D eigenvalue weighted by Crippen LogP contribution is -1.81. The zero-order valence-corrected chi connectivity index (χ0v) is 20.4. The molecule has 10 aromatic rings. The lowest BCUT2D eigenvalue weighted by Gasteiger charge is -2.06. The fourth-order valence-electron chi connectivity index (χ4n) is 7.23. The predicted octanol–water partition coefficient (Wildman–Crippen LogP) is 9.65. The average Bonchev–Trinajstić information content (AvgIpc) is 3.70. The fourth-order valence-corrected chi connectivity index (χ4v) is 7.23. The van der Waals surface area contributed by atoms with Crippen molar-refractivity contribution in [1.29, 1.82) is 0 Å². The normalized spacial score (nSPS) is 12.7. The van der Waals surface area contributed by atoms with Gasteiger partial charge in [-0.3, -0.25) is 0 Å². The van der Waals surface area contributed by atoms with Crippen LogP contribution in [0.4, 0.5) is 0 Å². The molecule has 0 aliphatic heterocycles. The molecular weight excluding hydrogens is 460 g/mol. The molecule has 0 N–H and O–H groups in total. The summed E-state index contributed by atoms with van der Waals surface area (Å²) in [5.41, 5.74) is 10.3. The van der Waals surface area contributed by atoms with Crippen LogP contribution in [0.2, 0.25) is 0 Å². The highest BCUT2D eigenvalue weighted by molar-refractivity contribution is 6.26. The van der Waals surface area contributed by atoms with Crippen LogP contribution in [0, 0.1) is 0 Å². The summed E-state index contributed by atoms with van der Waals surface area (Å²) in [4.78, 5) is 0. The highest BCUT2D eigenvalue weighted by atomic mass is 14.9. The molecule has 10 rings (SSSR count). The number of hydrogen-bond acceptors (Lipinski definition) is 0. The average molecular weight is 481 g/mol. The molecule has 0 atom stereocenters. The van der Waals surface area contributed by atoms with Crippen molar-refractivity contribution in [1.82, 2.24) is 8.80 Å². The van der Waals surface area contributed by atoms with Gasteiger partial charge in [0.05, 0.1) is 33.1 Å². The number of fused-ring (bicyclic) bond motifs is 12. The summed E-state index contributed by atoms with van der Waals surface area (Å²) in [6.07, 6.45) is 0. The van der Waals surface area contributed by atoms with Gasteiger partial charge in [-0.05, 0) is 59.7 Å². The van der Waals surface area contributed by atoms with Crippen LogP contribution in [0.5, 0.6) is 0 Å². The van der Waals surface area contributed by atoms with E-state index in [1.54, 1.807) is 0 Å². The van der Waals surface area contributed by atoms with Crippen LogP contribution in [0.15, 0.2) is 121 Å². The van der Waals surface area contributed by atoms with Crippen molar-refractivity contribution in [3.8, 4) is 11.1 Å². The Bertz CT molecular complexity index is 2210. The van der Waals surface area contributed by atoms with Gasteiger partial charge in [-0.25, -0.2) is 0 Å². The van der Waals surface area contributed by atoms with E-state index in [4.69, 9.17) is 0 Å². The zero-order valence-electron chi connectivity index (χ0n) is 20.4. The van der Waals surface area contributed by atoms with E-state index in [9.17, 15) is 0 Å².